The van der Waals surface area contributed by atoms with Crippen LogP contribution in [0.5, 0.6) is 0 Å². The molecule has 2 rings (SSSR count). The molecule has 0 saturated carbocycles. The third-order valence-electron chi connectivity index (χ3n) is 2.97. The first-order valence-corrected chi connectivity index (χ1v) is 6.30. The second-order valence-electron chi connectivity index (χ2n) is 4.13. The molecule has 2 heterocycles. The predicted molar refractivity (Wildman–Crippen MR) is 71.4 cm³/mol. The zero-order chi connectivity index (χ0) is 13.7. The summed E-state index contributed by atoms with van der Waals surface area (Å²) in [5.74, 6) is 0.540. The van der Waals surface area contributed by atoms with Crippen molar-refractivity contribution in [1.29, 1.82) is 5.26 Å². The van der Waals surface area contributed by atoms with Crippen molar-refractivity contribution in [3.63, 3.8) is 0 Å². The van der Waals surface area contributed by atoms with E-state index in [1.54, 1.807) is 12.4 Å². The van der Waals surface area contributed by atoms with Crippen LogP contribution in [0.2, 0.25) is 0 Å². The molecular weight excluding hydrogens is 240 g/mol. The summed E-state index contributed by atoms with van der Waals surface area (Å²) >= 11 is 0. The van der Waals surface area contributed by atoms with Crippen molar-refractivity contribution < 1.29 is 0 Å². The van der Waals surface area contributed by atoms with Gasteiger partial charge in [0.2, 0.25) is 0 Å². The smallest absolute Gasteiger partial charge is 0.167 e. The van der Waals surface area contributed by atoms with Gasteiger partial charge in [0.15, 0.2) is 5.82 Å². The number of H-pyrrole nitrogens is 1. The molecule has 2 aromatic heterocycles. The Balaban J connectivity index is 2.28. The van der Waals surface area contributed by atoms with Gasteiger partial charge in [-0.25, -0.2) is 0 Å². The maximum atomic E-state index is 9.33. The molecule has 2 N–H and O–H groups in total. The number of hydrogen-bond donors (Lipinski definition) is 2. The zero-order valence-electron chi connectivity index (χ0n) is 11.1. The minimum absolute atomic E-state index is 0.540. The molecule has 0 aliphatic heterocycles. The highest BCUT2D eigenvalue weighted by Crippen LogP contribution is 2.20. The lowest BCUT2D eigenvalue weighted by atomic mass is 10.0. The topological polar surface area (TPSA) is 90.3 Å². The Labute approximate surface area is 111 Å². The van der Waals surface area contributed by atoms with Gasteiger partial charge in [-0.15, -0.1) is 5.10 Å². The molecule has 6 heteroatoms. The van der Waals surface area contributed by atoms with Gasteiger partial charge in [-0.1, -0.05) is 13.8 Å². The van der Waals surface area contributed by atoms with Gasteiger partial charge in [0.05, 0.1) is 11.9 Å². The quantitative estimate of drug-likeness (QED) is 0.851. The van der Waals surface area contributed by atoms with Crippen LogP contribution < -0.4 is 5.32 Å². The van der Waals surface area contributed by atoms with Crippen molar-refractivity contribution in [1.82, 2.24) is 20.4 Å². The fraction of sp³-hybridized carbons (Fsp3) is 0.385. The molecule has 0 aliphatic carbocycles. The fourth-order valence-electron chi connectivity index (χ4n) is 1.98. The molecule has 0 aromatic carbocycles. The standard InChI is InChI=1S/C13H16N6/c1-3-10-11(5-14)13(19-18-12(10)4-2)15-6-9-7-16-17-8-9/h7-8H,3-4,6H2,1-2H3,(H,15,19)(H,16,17). The lowest BCUT2D eigenvalue weighted by Gasteiger charge is -2.11. The summed E-state index contributed by atoms with van der Waals surface area (Å²) in [6.07, 6.45) is 5.09. The number of nitrogens with zero attached hydrogens (tertiary/aromatic N) is 4. The Kier molecular flexibility index (Phi) is 4.08. The second kappa shape index (κ2) is 5.96. The molecule has 0 amide bonds. The van der Waals surface area contributed by atoms with Crippen LogP contribution in [0.1, 0.15) is 36.2 Å². The average Bonchev–Trinajstić information content (AvgIpc) is 2.96. The van der Waals surface area contributed by atoms with Crippen molar-refractivity contribution >= 4 is 5.82 Å². The van der Waals surface area contributed by atoms with Crippen molar-refractivity contribution in [2.75, 3.05) is 5.32 Å². The zero-order valence-corrected chi connectivity index (χ0v) is 11.1. The molecule has 0 aliphatic rings. The Morgan fingerprint density at radius 2 is 2.16 bits per heavy atom. The number of anilines is 1. The Morgan fingerprint density at radius 3 is 2.74 bits per heavy atom. The molecule has 0 saturated heterocycles. The van der Waals surface area contributed by atoms with Crippen LogP contribution in [-0.4, -0.2) is 20.4 Å². The summed E-state index contributed by atoms with van der Waals surface area (Å²) in [6.45, 7) is 4.61. The van der Waals surface area contributed by atoms with Crippen molar-refractivity contribution in [3.05, 3.63) is 34.8 Å². The molecule has 98 valence electrons. The first-order valence-electron chi connectivity index (χ1n) is 6.30. The number of hydrogen-bond acceptors (Lipinski definition) is 5. The summed E-state index contributed by atoms with van der Waals surface area (Å²) < 4.78 is 0. The van der Waals surface area contributed by atoms with Crippen LogP contribution in [0.15, 0.2) is 12.4 Å². The molecule has 0 unspecified atom stereocenters. The van der Waals surface area contributed by atoms with Gasteiger partial charge in [-0.05, 0) is 18.4 Å². The second-order valence-corrected chi connectivity index (χ2v) is 4.13. The van der Waals surface area contributed by atoms with Crippen LogP contribution in [0.4, 0.5) is 5.82 Å². The summed E-state index contributed by atoms with van der Waals surface area (Å²) in [5.41, 5.74) is 3.48. The highest BCUT2D eigenvalue weighted by atomic mass is 15.2. The Bertz CT molecular complexity index is 582. The Morgan fingerprint density at radius 1 is 1.32 bits per heavy atom. The summed E-state index contributed by atoms with van der Waals surface area (Å²) in [7, 11) is 0. The first kappa shape index (κ1) is 13.0. The van der Waals surface area contributed by atoms with Gasteiger partial charge in [0.1, 0.15) is 11.6 Å². The first-order chi connectivity index (χ1) is 9.30. The highest BCUT2D eigenvalue weighted by Gasteiger charge is 2.13. The largest absolute Gasteiger partial charge is 0.363 e. The van der Waals surface area contributed by atoms with Crippen molar-refractivity contribution in [2.24, 2.45) is 0 Å². The normalized spacial score (nSPS) is 10.2. The maximum Gasteiger partial charge on any atom is 0.167 e. The van der Waals surface area contributed by atoms with Crippen LogP contribution in [0.25, 0.3) is 0 Å². The number of rotatable bonds is 5. The van der Waals surface area contributed by atoms with E-state index in [9.17, 15) is 5.26 Å². The molecule has 0 fully saturated rings. The van der Waals surface area contributed by atoms with Gasteiger partial charge in [-0.3, -0.25) is 5.10 Å². The summed E-state index contributed by atoms with van der Waals surface area (Å²) in [5, 5.41) is 27.4. The highest BCUT2D eigenvalue weighted by molar-refractivity contribution is 5.56. The van der Waals surface area contributed by atoms with E-state index < -0.39 is 0 Å². The van der Waals surface area contributed by atoms with E-state index in [4.69, 9.17) is 0 Å². The van der Waals surface area contributed by atoms with E-state index in [2.05, 4.69) is 31.8 Å². The lowest BCUT2D eigenvalue weighted by Crippen LogP contribution is -2.09. The molecular formula is C13H16N6. The van der Waals surface area contributed by atoms with Crippen LogP contribution >= 0.6 is 0 Å². The van der Waals surface area contributed by atoms with E-state index >= 15 is 0 Å². The van der Waals surface area contributed by atoms with E-state index in [-0.39, 0.29) is 0 Å². The van der Waals surface area contributed by atoms with Crippen LogP contribution in [0, 0.1) is 11.3 Å². The van der Waals surface area contributed by atoms with Crippen LogP contribution in [0.3, 0.4) is 0 Å². The maximum absolute atomic E-state index is 9.33. The monoisotopic (exact) mass is 256 g/mol. The van der Waals surface area contributed by atoms with E-state index in [1.165, 1.54) is 0 Å². The molecule has 0 bridgehead atoms. The SMILES string of the molecule is CCc1nnc(NCc2cn[nH]c2)c(C#N)c1CC. The van der Waals surface area contributed by atoms with Gasteiger partial charge >= 0.3 is 0 Å². The van der Waals surface area contributed by atoms with Gasteiger partial charge < -0.3 is 5.32 Å². The Hall–Kier alpha value is -2.42. The summed E-state index contributed by atoms with van der Waals surface area (Å²) in [6, 6.07) is 2.23. The molecule has 19 heavy (non-hydrogen) atoms. The number of aryl methyl sites for hydroxylation is 1. The fourth-order valence-corrected chi connectivity index (χ4v) is 1.98. The molecule has 2 aromatic rings. The van der Waals surface area contributed by atoms with Gasteiger partial charge in [0.25, 0.3) is 0 Å². The van der Waals surface area contributed by atoms with E-state index in [0.29, 0.717) is 17.9 Å². The number of nitrogens with one attached hydrogen (secondary N) is 2. The number of nitriles is 1. The minimum atomic E-state index is 0.540. The van der Waals surface area contributed by atoms with Crippen molar-refractivity contribution in [2.45, 2.75) is 33.2 Å². The molecule has 0 atom stereocenters. The molecule has 0 spiro atoms. The average molecular weight is 256 g/mol. The molecule has 6 nitrogen and oxygen atoms in total. The van der Waals surface area contributed by atoms with Gasteiger partial charge in [0, 0.05) is 18.3 Å². The van der Waals surface area contributed by atoms with E-state index in [0.717, 1.165) is 29.7 Å². The van der Waals surface area contributed by atoms with Crippen LogP contribution in [-0.2, 0) is 19.4 Å². The molecule has 0 radical (unpaired) electrons. The third-order valence-corrected chi connectivity index (χ3v) is 2.97. The van der Waals surface area contributed by atoms with Crippen molar-refractivity contribution in [3.8, 4) is 6.07 Å². The minimum Gasteiger partial charge on any atom is -0.363 e. The predicted octanol–water partition coefficient (Wildman–Crippen LogP) is 1.81. The van der Waals surface area contributed by atoms with E-state index in [1.807, 2.05) is 13.8 Å². The number of aromatic nitrogens is 4. The van der Waals surface area contributed by atoms with Gasteiger partial charge in [-0.2, -0.15) is 15.5 Å². The summed E-state index contributed by atoms with van der Waals surface area (Å²) in [4.78, 5) is 0. The number of aromatic amines is 1. The lowest BCUT2D eigenvalue weighted by molar-refractivity contribution is 0.869. The third kappa shape index (κ3) is 2.71.